The second kappa shape index (κ2) is 5.96. The van der Waals surface area contributed by atoms with Crippen LogP contribution >= 0.6 is 11.6 Å². The Morgan fingerprint density at radius 1 is 1.00 bits per heavy atom. The molecule has 2 rings (SSSR count). The van der Waals surface area contributed by atoms with Crippen molar-refractivity contribution >= 4 is 22.4 Å². The minimum atomic E-state index is 0.195. The van der Waals surface area contributed by atoms with Gasteiger partial charge in [-0.1, -0.05) is 63.2 Å². The molecule has 2 aromatic rings. The maximum absolute atomic E-state index is 6.44. The lowest BCUT2D eigenvalue weighted by Crippen LogP contribution is -2.20. The van der Waals surface area contributed by atoms with Gasteiger partial charge in [-0.05, 0) is 41.0 Å². The van der Waals surface area contributed by atoms with Crippen LogP contribution in [0.25, 0.3) is 10.8 Å². The molecule has 0 fully saturated rings. The fourth-order valence-electron chi connectivity index (χ4n) is 2.42. The number of aryl methyl sites for hydroxylation is 1. The van der Waals surface area contributed by atoms with Crippen LogP contribution in [0.5, 0.6) is 0 Å². The highest BCUT2D eigenvalue weighted by atomic mass is 35.5. The second-order valence-corrected chi connectivity index (χ2v) is 6.89. The largest absolute Gasteiger partial charge is 0.122 e. The van der Waals surface area contributed by atoms with Gasteiger partial charge in [0.2, 0.25) is 0 Å². The van der Waals surface area contributed by atoms with Crippen LogP contribution in [0.1, 0.15) is 39.2 Å². The van der Waals surface area contributed by atoms with E-state index in [0.29, 0.717) is 0 Å². The summed E-state index contributed by atoms with van der Waals surface area (Å²) >= 11 is 6.44. The van der Waals surface area contributed by atoms with Crippen LogP contribution in [0.15, 0.2) is 42.5 Å². The van der Waals surface area contributed by atoms with Gasteiger partial charge in [0.1, 0.15) is 0 Å². The maximum Gasteiger partial charge on any atom is 0.0384 e. The van der Waals surface area contributed by atoms with Crippen molar-refractivity contribution in [2.45, 2.75) is 45.4 Å². The molecule has 1 heteroatoms. The van der Waals surface area contributed by atoms with Gasteiger partial charge in [0.15, 0.2) is 0 Å². The van der Waals surface area contributed by atoms with Crippen molar-refractivity contribution in [1.29, 1.82) is 0 Å². The minimum absolute atomic E-state index is 0.195. The van der Waals surface area contributed by atoms with Crippen LogP contribution in [-0.4, -0.2) is 5.38 Å². The Bertz CT molecular complexity index is 531. The SMILES string of the molecule is CC(C)(C)C(Cl)CCCc1cccc2ccccc12. The minimum Gasteiger partial charge on any atom is -0.122 e. The van der Waals surface area contributed by atoms with Crippen LogP contribution < -0.4 is 0 Å². The van der Waals surface area contributed by atoms with Crippen molar-refractivity contribution in [3.63, 3.8) is 0 Å². The molecule has 2 aromatic carbocycles. The van der Waals surface area contributed by atoms with Gasteiger partial charge in [-0.25, -0.2) is 0 Å². The van der Waals surface area contributed by atoms with E-state index >= 15 is 0 Å². The van der Waals surface area contributed by atoms with Crippen LogP contribution in [0.4, 0.5) is 0 Å². The number of hydrogen-bond acceptors (Lipinski definition) is 0. The lowest BCUT2D eigenvalue weighted by atomic mass is 9.88. The molecule has 0 N–H and O–H groups in total. The number of alkyl halides is 1. The van der Waals surface area contributed by atoms with Crippen molar-refractivity contribution in [2.75, 3.05) is 0 Å². The first-order chi connectivity index (χ1) is 8.98. The molecule has 0 amide bonds. The third-order valence-electron chi connectivity index (χ3n) is 3.72. The normalized spacial score (nSPS) is 13.7. The fourth-order valence-corrected chi connectivity index (χ4v) is 2.57. The highest BCUT2D eigenvalue weighted by Gasteiger charge is 2.21. The van der Waals surface area contributed by atoms with E-state index in [9.17, 15) is 0 Å². The summed E-state index contributed by atoms with van der Waals surface area (Å²) in [5.41, 5.74) is 1.64. The zero-order chi connectivity index (χ0) is 13.9. The van der Waals surface area contributed by atoms with Crippen molar-refractivity contribution in [3.05, 3.63) is 48.0 Å². The molecular weight excluding hydrogens is 252 g/mol. The molecule has 0 spiro atoms. The van der Waals surface area contributed by atoms with Gasteiger partial charge in [0, 0.05) is 5.38 Å². The molecular formula is C18H23Cl. The Labute approximate surface area is 121 Å². The van der Waals surface area contributed by atoms with E-state index in [1.165, 1.54) is 16.3 Å². The second-order valence-electron chi connectivity index (χ2n) is 6.36. The van der Waals surface area contributed by atoms with Gasteiger partial charge >= 0.3 is 0 Å². The summed E-state index contributed by atoms with van der Waals surface area (Å²) in [6.45, 7) is 6.63. The highest BCUT2D eigenvalue weighted by Crippen LogP contribution is 2.29. The molecule has 19 heavy (non-hydrogen) atoms. The van der Waals surface area contributed by atoms with Crippen molar-refractivity contribution in [3.8, 4) is 0 Å². The summed E-state index contributed by atoms with van der Waals surface area (Å²) in [7, 11) is 0. The summed E-state index contributed by atoms with van der Waals surface area (Å²) in [6, 6.07) is 15.2. The van der Waals surface area contributed by atoms with Gasteiger partial charge in [-0.3, -0.25) is 0 Å². The predicted octanol–water partition coefficient (Wildman–Crippen LogP) is 5.82. The molecule has 0 bridgehead atoms. The van der Waals surface area contributed by atoms with Crippen molar-refractivity contribution in [1.82, 2.24) is 0 Å². The van der Waals surface area contributed by atoms with E-state index in [0.717, 1.165) is 19.3 Å². The topological polar surface area (TPSA) is 0 Å². The summed E-state index contributed by atoms with van der Waals surface area (Å²) < 4.78 is 0. The molecule has 0 nitrogen and oxygen atoms in total. The maximum atomic E-state index is 6.44. The third kappa shape index (κ3) is 3.73. The summed E-state index contributed by atoms with van der Waals surface area (Å²) in [6.07, 6.45) is 3.34. The zero-order valence-corrected chi connectivity index (χ0v) is 12.9. The van der Waals surface area contributed by atoms with Gasteiger partial charge in [0.05, 0.1) is 0 Å². The number of halogens is 1. The van der Waals surface area contributed by atoms with Gasteiger partial charge in [0.25, 0.3) is 0 Å². The lowest BCUT2D eigenvalue weighted by Gasteiger charge is -2.25. The van der Waals surface area contributed by atoms with E-state index in [-0.39, 0.29) is 10.8 Å². The first kappa shape index (κ1) is 14.4. The summed E-state index contributed by atoms with van der Waals surface area (Å²) in [4.78, 5) is 0. The molecule has 0 heterocycles. The van der Waals surface area contributed by atoms with E-state index in [4.69, 9.17) is 11.6 Å². The van der Waals surface area contributed by atoms with Crippen LogP contribution in [0, 0.1) is 5.41 Å². The Kier molecular flexibility index (Phi) is 4.52. The molecule has 102 valence electrons. The first-order valence-corrected chi connectivity index (χ1v) is 7.53. The van der Waals surface area contributed by atoms with E-state index in [1.807, 2.05) is 0 Å². The Balaban J connectivity index is 2.03. The lowest BCUT2D eigenvalue weighted by molar-refractivity contribution is 0.369. The fraction of sp³-hybridized carbons (Fsp3) is 0.444. The molecule has 0 aliphatic rings. The Morgan fingerprint density at radius 2 is 1.68 bits per heavy atom. The van der Waals surface area contributed by atoms with Crippen molar-refractivity contribution in [2.24, 2.45) is 5.41 Å². The average Bonchev–Trinajstić information content (AvgIpc) is 2.38. The van der Waals surface area contributed by atoms with E-state index in [2.05, 4.69) is 63.2 Å². The van der Waals surface area contributed by atoms with Gasteiger partial charge in [-0.15, -0.1) is 11.6 Å². The smallest absolute Gasteiger partial charge is 0.0384 e. The van der Waals surface area contributed by atoms with E-state index < -0.39 is 0 Å². The zero-order valence-electron chi connectivity index (χ0n) is 12.1. The van der Waals surface area contributed by atoms with E-state index in [1.54, 1.807) is 0 Å². The summed E-state index contributed by atoms with van der Waals surface area (Å²) in [5, 5.41) is 2.97. The molecule has 0 aliphatic heterocycles. The Morgan fingerprint density at radius 3 is 2.42 bits per heavy atom. The number of fused-ring (bicyclic) bond motifs is 1. The molecule has 0 radical (unpaired) electrons. The predicted molar refractivity (Wildman–Crippen MR) is 86.0 cm³/mol. The van der Waals surface area contributed by atoms with Crippen LogP contribution in [0.3, 0.4) is 0 Å². The van der Waals surface area contributed by atoms with Gasteiger partial charge in [-0.2, -0.15) is 0 Å². The molecule has 1 atom stereocenters. The average molecular weight is 275 g/mol. The number of rotatable bonds is 4. The highest BCUT2D eigenvalue weighted by molar-refractivity contribution is 6.21. The molecule has 1 unspecified atom stereocenters. The number of benzene rings is 2. The van der Waals surface area contributed by atoms with Gasteiger partial charge < -0.3 is 0 Å². The molecule has 0 aromatic heterocycles. The van der Waals surface area contributed by atoms with Crippen LogP contribution in [-0.2, 0) is 6.42 Å². The standard InChI is InChI=1S/C18H23Cl/c1-18(2,3)17(19)13-7-11-15-10-6-9-14-8-4-5-12-16(14)15/h4-6,8-10,12,17H,7,11,13H2,1-3H3. The monoisotopic (exact) mass is 274 g/mol. The molecule has 0 saturated carbocycles. The summed E-state index contributed by atoms with van der Waals surface area (Å²) in [5.74, 6) is 0. The Hall–Kier alpha value is -1.01. The molecule has 0 aliphatic carbocycles. The van der Waals surface area contributed by atoms with Crippen molar-refractivity contribution < 1.29 is 0 Å². The first-order valence-electron chi connectivity index (χ1n) is 7.09. The van der Waals surface area contributed by atoms with Crippen LogP contribution in [0.2, 0.25) is 0 Å². The third-order valence-corrected chi connectivity index (χ3v) is 4.60. The molecule has 0 saturated heterocycles. The quantitative estimate of drug-likeness (QED) is 0.617. The number of hydrogen-bond donors (Lipinski definition) is 0.